The van der Waals surface area contributed by atoms with Crippen LogP contribution in [0.25, 0.3) is 0 Å². The fourth-order valence-corrected chi connectivity index (χ4v) is 2.49. The summed E-state index contributed by atoms with van der Waals surface area (Å²) in [4.78, 5) is 29.1. The van der Waals surface area contributed by atoms with Crippen LogP contribution in [0.3, 0.4) is 0 Å². The van der Waals surface area contributed by atoms with Crippen LogP contribution in [0.2, 0.25) is 0 Å². The van der Waals surface area contributed by atoms with Gasteiger partial charge in [-0.3, -0.25) is 9.59 Å². The normalized spacial score (nSPS) is 13.5. The van der Waals surface area contributed by atoms with Gasteiger partial charge >= 0.3 is 0 Å². The molecule has 25 heavy (non-hydrogen) atoms. The molecular formula is C18H25N5O2. The van der Waals surface area contributed by atoms with Gasteiger partial charge in [-0.05, 0) is 45.0 Å². The van der Waals surface area contributed by atoms with E-state index in [1.165, 1.54) is 5.57 Å². The summed E-state index contributed by atoms with van der Waals surface area (Å²) in [7, 11) is 1.84. The lowest BCUT2D eigenvalue weighted by molar-refractivity contribution is -0.109. The van der Waals surface area contributed by atoms with Gasteiger partial charge in [-0.15, -0.1) is 0 Å². The van der Waals surface area contributed by atoms with Crippen LogP contribution in [-0.4, -0.2) is 44.1 Å². The molecule has 1 heterocycles. The Morgan fingerprint density at radius 3 is 2.76 bits per heavy atom. The van der Waals surface area contributed by atoms with E-state index in [1.807, 2.05) is 30.2 Å². The van der Waals surface area contributed by atoms with E-state index in [1.54, 1.807) is 12.3 Å². The number of hydrogen-bond donors (Lipinski definition) is 3. The average Bonchev–Trinajstić information content (AvgIpc) is 2.63. The topological polar surface area (TPSA) is 86.4 Å². The van der Waals surface area contributed by atoms with Crippen molar-refractivity contribution in [2.24, 2.45) is 0 Å². The molecule has 2 amide bonds. The molecule has 0 spiro atoms. The Morgan fingerprint density at radius 2 is 2.16 bits per heavy atom. The summed E-state index contributed by atoms with van der Waals surface area (Å²) in [6, 6.07) is 3.57. The summed E-state index contributed by atoms with van der Waals surface area (Å²) in [5.41, 5.74) is 2.76. The third-order valence-electron chi connectivity index (χ3n) is 3.92. The number of rotatable bonds is 9. The van der Waals surface area contributed by atoms with Gasteiger partial charge in [0, 0.05) is 25.0 Å². The van der Waals surface area contributed by atoms with E-state index >= 15 is 0 Å². The van der Waals surface area contributed by atoms with Gasteiger partial charge in [-0.1, -0.05) is 11.6 Å². The van der Waals surface area contributed by atoms with E-state index < -0.39 is 0 Å². The molecule has 1 aliphatic carbocycles. The summed E-state index contributed by atoms with van der Waals surface area (Å²) in [6.45, 7) is 3.82. The molecule has 134 valence electrons. The second-order valence-corrected chi connectivity index (χ2v) is 5.91. The minimum absolute atomic E-state index is 0.152. The molecule has 0 unspecified atom stereocenters. The molecule has 0 bridgehead atoms. The van der Waals surface area contributed by atoms with Gasteiger partial charge in [-0.25, -0.2) is 4.98 Å². The fourth-order valence-electron chi connectivity index (χ4n) is 2.49. The zero-order chi connectivity index (χ0) is 18.1. The molecule has 3 N–H and O–H groups in total. The molecule has 2 rings (SSSR count). The van der Waals surface area contributed by atoms with Crippen molar-refractivity contribution in [2.75, 3.05) is 31.7 Å². The minimum atomic E-state index is -0.152. The monoisotopic (exact) mass is 343 g/mol. The lowest BCUT2D eigenvalue weighted by atomic mass is 10.0. The quantitative estimate of drug-likeness (QED) is 0.356. The van der Waals surface area contributed by atoms with Crippen molar-refractivity contribution < 1.29 is 9.59 Å². The highest BCUT2D eigenvalue weighted by Gasteiger charge is 2.12. The molecular weight excluding hydrogens is 318 g/mol. The van der Waals surface area contributed by atoms with Crippen LogP contribution in [-0.2, 0) is 4.79 Å². The van der Waals surface area contributed by atoms with Crippen molar-refractivity contribution >= 4 is 18.1 Å². The number of hydrogen-bond acceptors (Lipinski definition) is 5. The highest BCUT2D eigenvalue weighted by Crippen LogP contribution is 2.16. The number of anilines is 1. The van der Waals surface area contributed by atoms with E-state index in [2.05, 4.69) is 27.9 Å². The summed E-state index contributed by atoms with van der Waals surface area (Å²) >= 11 is 0. The van der Waals surface area contributed by atoms with E-state index in [4.69, 9.17) is 0 Å². The van der Waals surface area contributed by atoms with Crippen LogP contribution >= 0.6 is 0 Å². The van der Waals surface area contributed by atoms with Gasteiger partial charge in [0.25, 0.3) is 5.91 Å². The Hall–Kier alpha value is -2.67. The number of pyridine rings is 1. The molecule has 0 aliphatic heterocycles. The Labute approximate surface area is 148 Å². The maximum atomic E-state index is 12.3. The maximum absolute atomic E-state index is 12.3. The third kappa shape index (κ3) is 5.72. The van der Waals surface area contributed by atoms with Crippen LogP contribution in [0.15, 0.2) is 41.8 Å². The van der Waals surface area contributed by atoms with Crippen LogP contribution in [0.5, 0.6) is 0 Å². The van der Waals surface area contributed by atoms with E-state index in [9.17, 15) is 9.59 Å². The second kappa shape index (κ2) is 9.58. The lowest BCUT2D eigenvalue weighted by Gasteiger charge is -2.23. The predicted molar refractivity (Wildman–Crippen MR) is 98.1 cm³/mol. The lowest BCUT2D eigenvalue weighted by Crippen LogP contribution is -2.38. The fraction of sp³-hybridized carbons (Fsp3) is 0.389. The van der Waals surface area contributed by atoms with E-state index in [-0.39, 0.29) is 5.91 Å². The molecule has 0 atom stereocenters. The largest absolute Gasteiger partial charge is 0.357 e. The van der Waals surface area contributed by atoms with Gasteiger partial charge in [-0.2, -0.15) is 0 Å². The highest BCUT2D eigenvalue weighted by atomic mass is 16.1. The Kier molecular flexibility index (Phi) is 7.16. The van der Waals surface area contributed by atoms with Crippen LogP contribution in [0.4, 0.5) is 5.82 Å². The van der Waals surface area contributed by atoms with Gasteiger partial charge < -0.3 is 20.9 Å². The Morgan fingerprint density at radius 1 is 1.32 bits per heavy atom. The van der Waals surface area contributed by atoms with Gasteiger partial charge in [0.05, 0.1) is 12.2 Å². The zero-order valence-electron chi connectivity index (χ0n) is 14.7. The molecule has 1 aliphatic rings. The first-order valence-electron chi connectivity index (χ1n) is 8.34. The SMILES string of the molecule is CNCN(CCNC=O)c1ccc(C(=O)NC2=CC=C(C)CC2)cn1. The van der Waals surface area contributed by atoms with Crippen molar-refractivity contribution in [1.82, 2.24) is 20.9 Å². The van der Waals surface area contributed by atoms with Gasteiger partial charge in [0.2, 0.25) is 6.41 Å². The number of aromatic nitrogens is 1. The number of amides is 2. The molecule has 0 saturated carbocycles. The Bertz CT molecular complexity index is 652. The first-order valence-corrected chi connectivity index (χ1v) is 8.34. The molecule has 1 aromatic rings. The second-order valence-electron chi connectivity index (χ2n) is 5.91. The number of nitrogens with zero attached hydrogens (tertiary/aromatic N) is 2. The molecule has 0 fully saturated rings. The molecule has 0 aromatic carbocycles. The smallest absolute Gasteiger partial charge is 0.256 e. The summed E-state index contributed by atoms with van der Waals surface area (Å²) in [6.07, 6.45) is 8.05. The first-order chi connectivity index (χ1) is 12.1. The zero-order valence-corrected chi connectivity index (χ0v) is 14.7. The maximum Gasteiger partial charge on any atom is 0.256 e. The number of allylic oxidation sites excluding steroid dienone is 4. The minimum Gasteiger partial charge on any atom is -0.357 e. The number of carbonyl (C=O) groups is 2. The van der Waals surface area contributed by atoms with Gasteiger partial charge in [0.1, 0.15) is 5.82 Å². The molecule has 7 heteroatoms. The molecule has 0 radical (unpaired) electrons. The van der Waals surface area contributed by atoms with E-state index in [0.29, 0.717) is 31.7 Å². The van der Waals surface area contributed by atoms with Crippen LogP contribution in [0.1, 0.15) is 30.1 Å². The first kappa shape index (κ1) is 18.7. The van der Waals surface area contributed by atoms with E-state index in [0.717, 1.165) is 24.4 Å². The van der Waals surface area contributed by atoms with Crippen molar-refractivity contribution in [1.29, 1.82) is 0 Å². The predicted octanol–water partition coefficient (Wildman–Crippen LogP) is 1.16. The van der Waals surface area contributed by atoms with Crippen LogP contribution in [0, 0.1) is 0 Å². The summed E-state index contributed by atoms with van der Waals surface area (Å²) < 4.78 is 0. The van der Waals surface area contributed by atoms with Crippen molar-refractivity contribution in [2.45, 2.75) is 19.8 Å². The summed E-state index contributed by atoms with van der Waals surface area (Å²) in [5.74, 6) is 0.593. The highest BCUT2D eigenvalue weighted by molar-refractivity contribution is 5.95. The number of carbonyl (C=O) groups excluding carboxylic acids is 2. The molecule has 1 aromatic heterocycles. The third-order valence-corrected chi connectivity index (χ3v) is 3.92. The van der Waals surface area contributed by atoms with Crippen molar-refractivity contribution in [3.05, 3.63) is 47.3 Å². The van der Waals surface area contributed by atoms with Crippen LogP contribution < -0.4 is 20.9 Å². The standard InChI is InChI=1S/C18H25N5O2/c1-14-3-6-16(7-4-14)22-18(25)15-5-8-17(21-11-15)23(12-19-2)10-9-20-13-24/h3,5-6,8,11,13,19H,4,7,9-10,12H2,1-2H3,(H,20,24)(H,22,25). The summed E-state index contributed by atoms with van der Waals surface area (Å²) in [5, 5.41) is 8.63. The molecule has 7 nitrogen and oxygen atoms in total. The average molecular weight is 343 g/mol. The Balaban J connectivity index is 1.99. The van der Waals surface area contributed by atoms with Crippen molar-refractivity contribution in [3.8, 4) is 0 Å². The molecule has 0 saturated heterocycles. The number of nitrogens with one attached hydrogen (secondary N) is 3. The van der Waals surface area contributed by atoms with Gasteiger partial charge in [0.15, 0.2) is 0 Å². The van der Waals surface area contributed by atoms with Crippen molar-refractivity contribution in [3.63, 3.8) is 0 Å².